The van der Waals surface area contributed by atoms with E-state index in [2.05, 4.69) is 0 Å². The molecule has 0 fully saturated rings. The number of aliphatic carboxylic acids is 1. The number of nitrogens with zero attached hydrogens (tertiary/aromatic N) is 2. The molecule has 92 valence electrons. The van der Waals surface area contributed by atoms with E-state index in [0.717, 1.165) is 22.3 Å². The number of hydrogen-bond donors (Lipinski definition) is 1. The average Bonchev–Trinajstić information content (AvgIpc) is 2.73. The molecule has 0 saturated carbocycles. The van der Waals surface area contributed by atoms with Crippen LogP contribution in [0.1, 0.15) is 17.3 Å². The van der Waals surface area contributed by atoms with Gasteiger partial charge in [0.15, 0.2) is 0 Å². The topological polar surface area (TPSA) is 101 Å². The van der Waals surface area contributed by atoms with Crippen LogP contribution < -0.4 is 0 Å². The molecule has 1 N–H and O–H groups in total. The molecule has 17 heavy (non-hydrogen) atoms. The molecule has 0 aromatic carbocycles. The molecule has 0 aliphatic carbocycles. The van der Waals surface area contributed by atoms with E-state index in [1.807, 2.05) is 0 Å². The summed E-state index contributed by atoms with van der Waals surface area (Å²) in [5, 5.41) is 20.3. The van der Waals surface area contributed by atoms with Gasteiger partial charge in [-0.1, -0.05) is 11.3 Å². The summed E-state index contributed by atoms with van der Waals surface area (Å²) in [6.07, 6.45) is 0. The summed E-state index contributed by atoms with van der Waals surface area (Å²) in [5.41, 5.74) is 0.143. The minimum atomic E-state index is -1.12. The van der Waals surface area contributed by atoms with Crippen molar-refractivity contribution in [1.29, 1.82) is 0 Å². The second-order valence-corrected chi connectivity index (χ2v) is 4.03. The van der Waals surface area contributed by atoms with E-state index in [4.69, 9.17) is 5.11 Å². The highest BCUT2D eigenvalue weighted by Crippen LogP contribution is 2.23. The number of carbonyl (C=O) groups is 2. The Morgan fingerprint density at radius 2 is 2.24 bits per heavy atom. The molecule has 0 unspecified atom stereocenters. The van der Waals surface area contributed by atoms with Crippen LogP contribution in [0, 0.1) is 10.1 Å². The smallest absolute Gasteiger partial charge is 0.324 e. The van der Waals surface area contributed by atoms with Gasteiger partial charge in [0.1, 0.15) is 6.54 Å². The van der Waals surface area contributed by atoms with Gasteiger partial charge in [-0.2, -0.15) is 0 Å². The average molecular weight is 258 g/mol. The maximum absolute atomic E-state index is 11.8. The van der Waals surface area contributed by atoms with Gasteiger partial charge in [0.05, 0.1) is 10.5 Å². The summed E-state index contributed by atoms with van der Waals surface area (Å²) in [7, 11) is 0. The number of carbonyl (C=O) groups excluding carboxylic acids is 1. The van der Waals surface area contributed by atoms with Gasteiger partial charge in [-0.25, -0.2) is 0 Å². The van der Waals surface area contributed by atoms with Crippen LogP contribution in [-0.2, 0) is 4.79 Å². The van der Waals surface area contributed by atoms with Gasteiger partial charge in [-0.3, -0.25) is 19.7 Å². The summed E-state index contributed by atoms with van der Waals surface area (Å²) in [4.78, 5) is 33.3. The van der Waals surface area contributed by atoms with Crippen LogP contribution in [-0.4, -0.2) is 39.9 Å². The Hall–Kier alpha value is -1.96. The van der Waals surface area contributed by atoms with E-state index < -0.39 is 23.3 Å². The third-order valence-electron chi connectivity index (χ3n) is 2.01. The van der Waals surface area contributed by atoms with Gasteiger partial charge in [-0.05, 0) is 6.92 Å². The fourth-order valence-corrected chi connectivity index (χ4v) is 1.90. The van der Waals surface area contributed by atoms with Gasteiger partial charge >= 0.3 is 11.0 Å². The minimum absolute atomic E-state index is 0.139. The second kappa shape index (κ2) is 5.39. The predicted molar refractivity (Wildman–Crippen MR) is 60.2 cm³/mol. The molecule has 0 aliphatic heterocycles. The van der Waals surface area contributed by atoms with Crippen LogP contribution in [0.4, 0.5) is 5.00 Å². The highest BCUT2D eigenvalue weighted by Gasteiger charge is 2.20. The quantitative estimate of drug-likeness (QED) is 0.631. The van der Waals surface area contributed by atoms with Gasteiger partial charge in [-0.15, -0.1) is 0 Å². The molecule has 8 heteroatoms. The van der Waals surface area contributed by atoms with E-state index in [1.54, 1.807) is 6.92 Å². The highest BCUT2D eigenvalue weighted by atomic mass is 32.1. The molecule has 1 aromatic heterocycles. The van der Waals surface area contributed by atoms with Crippen molar-refractivity contribution in [1.82, 2.24) is 4.90 Å². The van der Waals surface area contributed by atoms with Crippen LogP contribution in [0.25, 0.3) is 0 Å². The summed E-state index contributed by atoms with van der Waals surface area (Å²) >= 11 is 0.839. The maximum atomic E-state index is 11.8. The number of nitro groups is 1. The molecule has 0 saturated heterocycles. The van der Waals surface area contributed by atoms with Gasteiger partial charge in [0.25, 0.3) is 5.91 Å². The van der Waals surface area contributed by atoms with Crippen LogP contribution in [0.5, 0.6) is 0 Å². The predicted octanol–water partition coefficient (Wildman–Crippen LogP) is 1.20. The second-order valence-electron chi connectivity index (χ2n) is 3.14. The molecule has 1 amide bonds. The fourth-order valence-electron chi connectivity index (χ4n) is 1.21. The zero-order chi connectivity index (χ0) is 13.0. The summed E-state index contributed by atoms with van der Waals surface area (Å²) in [6.45, 7) is 1.45. The van der Waals surface area contributed by atoms with Crippen LogP contribution in [0.3, 0.4) is 0 Å². The van der Waals surface area contributed by atoms with Gasteiger partial charge in [0, 0.05) is 18.0 Å². The molecule has 0 atom stereocenters. The molecular formula is C9H10N2O5S. The number of carboxylic acid groups (broad SMARTS) is 1. The van der Waals surface area contributed by atoms with E-state index in [-0.39, 0.29) is 17.1 Å². The van der Waals surface area contributed by atoms with E-state index in [9.17, 15) is 19.7 Å². The lowest BCUT2D eigenvalue weighted by atomic mass is 10.3. The van der Waals surface area contributed by atoms with Crippen molar-refractivity contribution < 1.29 is 19.6 Å². The fraction of sp³-hybridized carbons (Fsp3) is 0.333. The van der Waals surface area contributed by atoms with Gasteiger partial charge < -0.3 is 10.0 Å². The zero-order valence-electron chi connectivity index (χ0n) is 8.95. The molecule has 0 aliphatic rings. The first kappa shape index (κ1) is 13.1. The summed E-state index contributed by atoms with van der Waals surface area (Å²) in [5.74, 6) is -1.64. The molecule has 1 rings (SSSR count). The van der Waals surface area contributed by atoms with Crippen LogP contribution >= 0.6 is 11.3 Å². The highest BCUT2D eigenvalue weighted by molar-refractivity contribution is 7.13. The maximum Gasteiger partial charge on any atom is 0.324 e. The Kier molecular flexibility index (Phi) is 4.16. The molecule has 0 spiro atoms. The van der Waals surface area contributed by atoms with E-state index in [1.165, 1.54) is 5.38 Å². The Labute approximate surface area is 100 Å². The number of amides is 1. The molecule has 1 aromatic rings. The Morgan fingerprint density at radius 3 is 2.65 bits per heavy atom. The number of carboxylic acids is 1. The monoisotopic (exact) mass is 258 g/mol. The van der Waals surface area contributed by atoms with E-state index >= 15 is 0 Å². The zero-order valence-corrected chi connectivity index (χ0v) is 9.77. The summed E-state index contributed by atoms with van der Waals surface area (Å²) in [6, 6.07) is 1.15. The molecule has 0 bridgehead atoms. The third kappa shape index (κ3) is 3.25. The first-order valence-electron chi connectivity index (χ1n) is 4.69. The lowest BCUT2D eigenvalue weighted by Gasteiger charge is -2.17. The van der Waals surface area contributed by atoms with Gasteiger partial charge in [0.2, 0.25) is 0 Å². The van der Waals surface area contributed by atoms with Crippen molar-refractivity contribution in [3.63, 3.8) is 0 Å². The van der Waals surface area contributed by atoms with E-state index in [0.29, 0.717) is 0 Å². The van der Waals surface area contributed by atoms with Crippen molar-refractivity contribution in [2.24, 2.45) is 0 Å². The summed E-state index contributed by atoms with van der Waals surface area (Å²) < 4.78 is 0. The number of hydrogen-bond acceptors (Lipinski definition) is 5. The first-order valence-corrected chi connectivity index (χ1v) is 5.57. The van der Waals surface area contributed by atoms with Crippen molar-refractivity contribution >= 4 is 28.2 Å². The van der Waals surface area contributed by atoms with Crippen molar-refractivity contribution in [3.05, 3.63) is 27.1 Å². The van der Waals surface area contributed by atoms with Crippen molar-refractivity contribution in [3.8, 4) is 0 Å². The molecular weight excluding hydrogens is 248 g/mol. The number of rotatable bonds is 5. The lowest BCUT2D eigenvalue weighted by molar-refractivity contribution is -0.380. The number of likely N-dealkylation sites (N-methyl/N-ethyl adjacent to an activating group) is 1. The van der Waals surface area contributed by atoms with Crippen LogP contribution in [0.2, 0.25) is 0 Å². The Bertz CT molecular complexity index is 456. The standard InChI is InChI=1S/C9H10N2O5S/c1-2-10(4-8(12)13)9(14)6-3-7(11(15)16)17-5-6/h3,5H,2,4H2,1H3,(H,12,13). The minimum Gasteiger partial charge on any atom is -0.480 e. The molecule has 7 nitrogen and oxygen atoms in total. The normalized spacial score (nSPS) is 9.94. The van der Waals surface area contributed by atoms with Crippen molar-refractivity contribution in [2.45, 2.75) is 6.92 Å². The lowest BCUT2D eigenvalue weighted by Crippen LogP contribution is -2.35. The third-order valence-corrected chi connectivity index (χ3v) is 2.89. The van der Waals surface area contributed by atoms with Crippen LogP contribution in [0.15, 0.2) is 11.4 Å². The Balaban J connectivity index is 2.86. The molecule has 0 radical (unpaired) electrons. The van der Waals surface area contributed by atoms with Crippen molar-refractivity contribution in [2.75, 3.05) is 13.1 Å². The Morgan fingerprint density at radius 1 is 1.59 bits per heavy atom. The molecule has 1 heterocycles. The largest absolute Gasteiger partial charge is 0.480 e. The number of thiophene rings is 1. The SMILES string of the molecule is CCN(CC(=O)O)C(=O)c1csc([N+](=O)[O-])c1. The first-order chi connectivity index (χ1) is 7.95.